The second-order valence-corrected chi connectivity index (χ2v) is 6.03. The van der Waals surface area contributed by atoms with Gasteiger partial charge < -0.3 is 10.2 Å². The molecule has 0 bridgehead atoms. The SMILES string of the molecule is O=C(NC1CCN(C(=O)c2ccccc2)CC1)c1ccc(F)cc1F. The van der Waals surface area contributed by atoms with Crippen molar-refractivity contribution in [2.24, 2.45) is 0 Å². The molecule has 1 aliphatic rings. The highest BCUT2D eigenvalue weighted by molar-refractivity contribution is 5.95. The fourth-order valence-corrected chi connectivity index (χ4v) is 2.93. The highest BCUT2D eigenvalue weighted by Crippen LogP contribution is 2.16. The van der Waals surface area contributed by atoms with E-state index >= 15 is 0 Å². The first-order chi connectivity index (χ1) is 12.0. The van der Waals surface area contributed by atoms with E-state index in [0.29, 0.717) is 37.6 Å². The van der Waals surface area contributed by atoms with Gasteiger partial charge in [-0.25, -0.2) is 8.78 Å². The Hall–Kier alpha value is -2.76. The van der Waals surface area contributed by atoms with Crippen LogP contribution in [0.4, 0.5) is 8.78 Å². The number of nitrogens with one attached hydrogen (secondary N) is 1. The van der Waals surface area contributed by atoms with Crippen LogP contribution in [-0.4, -0.2) is 35.8 Å². The molecule has 2 aromatic rings. The molecule has 0 aromatic heterocycles. The highest BCUT2D eigenvalue weighted by atomic mass is 19.1. The summed E-state index contributed by atoms with van der Waals surface area (Å²) >= 11 is 0. The van der Waals surface area contributed by atoms with Crippen molar-refractivity contribution in [2.75, 3.05) is 13.1 Å². The van der Waals surface area contributed by atoms with Crippen molar-refractivity contribution >= 4 is 11.8 Å². The first-order valence-corrected chi connectivity index (χ1v) is 8.15. The third-order valence-corrected chi connectivity index (χ3v) is 4.31. The third kappa shape index (κ3) is 4.02. The van der Waals surface area contributed by atoms with Gasteiger partial charge in [-0.15, -0.1) is 0 Å². The number of benzene rings is 2. The molecule has 6 heteroatoms. The molecular formula is C19H18F2N2O2. The minimum Gasteiger partial charge on any atom is -0.349 e. The van der Waals surface area contributed by atoms with E-state index in [1.807, 2.05) is 18.2 Å². The van der Waals surface area contributed by atoms with E-state index in [1.165, 1.54) is 0 Å². The van der Waals surface area contributed by atoms with Crippen molar-refractivity contribution in [3.05, 3.63) is 71.3 Å². The summed E-state index contributed by atoms with van der Waals surface area (Å²) in [6.07, 6.45) is 1.18. The standard InChI is InChI=1S/C19H18F2N2O2/c20-14-6-7-16(17(21)12-14)18(24)22-15-8-10-23(11-9-15)19(25)13-4-2-1-3-5-13/h1-7,12,15H,8-11H2,(H,22,24). The van der Waals surface area contributed by atoms with E-state index in [-0.39, 0.29) is 17.5 Å². The Bertz CT molecular complexity index is 772. The molecule has 1 heterocycles. The number of likely N-dealkylation sites (tertiary alicyclic amines) is 1. The summed E-state index contributed by atoms with van der Waals surface area (Å²) in [5, 5.41) is 2.76. The topological polar surface area (TPSA) is 49.4 Å². The Morgan fingerprint density at radius 2 is 1.68 bits per heavy atom. The summed E-state index contributed by atoms with van der Waals surface area (Å²) in [4.78, 5) is 26.3. The summed E-state index contributed by atoms with van der Waals surface area (Å²) in [7, 11) is 0. The van der Waals surface area contributed by atoms with Crippen LogP contribution in [0.5, 0.6) is 0 Å². The number of rotatable bonds is 3. The molecule has 0 aliphatic carbocycles. The van der Waals surface area contributed by atoms with Crippen LogP contribution in [0.25, 0.3) is 0 Å². The number of hydrogen-bond acceptors (Lipinski definition) is 2. The van der Waals surface area contributed by atoms with Gasteiger partial charge in [0.05, 0.1) is 5.56 Å². The van der Waals surface area contributed by atoms with E-state index in [1.54, 1.807) is 17.0 Å². The number of hydrogen-bond donors (Lipinski definition) is 1. The lowest BCUT2D eigenvalue weighted by atomic mass is 10.0. The average Bonchev–Trinajstić information content (AvgIpc) is 2.62. The van der Waals surface area contributed by atoms with Gasteiger partial charge in [-0.05, 0) is 37.1 Å². The summed E-state index contributed by atoms with van der Waals surface area (Å²) in [6, 6.07) is 11.8. The zero-order valence-corrected chi connectivity index (χ0v) is 13.5. The minimum atomic E-state index is -0.880. The normalized spacial score (nSPS) is 15.0. The summed E-state index contributed by atoms with van der Waals surface area (Å²) in [5.41, 5.74) is 0.461. The molecule has 0 atom stereocenters. The Balaban J connectivity index is 1.56. The molecule has 0 spiro atoms. The van der Waals surface area contributed by atoms with Crippen molar-refractivity contribution < 1.29 is 18.4 Å². The van der Waals surface area contributed by atoms with Crippen LogP contribution in [-0.2, 0) is 0 Å². The fraction of sp³-hybridized carbons (Fsp3) is 0.263. The molecule has 0 saturated carbocycles. The molecule has 2 amide bonds. The van der Waals surface area contributed by atoms with Crippen LogP contribution in [0.15, 0.2) is 48.5 Å². The predicted molar refractivity (Wildman–Crippen MR) is 89.2 cm³/mol. The van der Waals surface area contributed by atoms with Crippen molar-refractivity contribution in [3.63, 3.8) is 0 Å². The molecule has 4 nitrogen and oxygen atoms in total. The van der Waals surface area contributed by atoms with Crippen LogP contribution < -0.4 is 5.32 Å². The molecule has 25 heavy (non-hydrogen) atoms. The molecule has 0 unspecified atom stereocenters. The van der Waals surface area contributed by atoms with E-state index in [0.717, 1.165) is 12.1 Å². The van der Waals surface area contributed by atoms with Gasteiger partial charge in [-0.1, -0.05) is 18.2 Å². The van der Waals surface area contributed by atoms with Crippen molar-refractivity contribution in [3.8, 4) is 0 Å². The zero-order valence-electron chi connectivity index (χ0n) is 13.5. The largest absolute Gasteiger partial charge is 0.349 e. The third-order valence-electron chi connectivity index (χ3n) is 4.31. The van der Waals surface area contributed by atoms with Gasteiger partial charge in [0.15, 0.2) is 0 Å². The van der Waals surface area contributed by atoms with Crippen LogP contribution in [0.1, 0.15) is 33.6 Å². The monoisotopic (exact) mass is 344 g/mol. The Morgan fingerprint density at radius 3 is 2.32 bits per heavy atom. The number of carbonyl (C=O) groups is 2. The van der Waals surface area contributed by atoms with Gasteiger partial charge >= 0.3 is 0 Å². The first-order valence-electron chi connectivity index (χ1n) is 8.15. The minimum absolute atomic E-state index is 0.0324. The molecular weight excluding hydrogens is 326 g/mol. The lowest BCUT2D eigenvalue weighted by Gasteiger charge is -2.32. The predicted octanol–water partition coefficient (Wildman–Crippen LogP) is 3.00. The second-order valence-electron chi connectivity index (χ2n) is 6.03. The van der Waals surface area contributed by atoms with Crippen LogP contribution >= 0.6 is 0 Å². The number of halogens is 2. The smallest absolute Gasteiger partial charge is 0.254 e. The van der Waals surface area contributed by atoms with Crippen LogP contribution in [0.3, 0.4) is 0 Å². The maximum absolute atomic E-state index is 13.7. The lowest BCUT2D eigenvalue weighted by Crippen LogP contribution is -2.46. The first kappa shape index (κ1) is 17.1. The maximum atomic E-state index is 13.7. The summed E-state index contributed by atoms with van der Waals surface area (Å²) in [5.74, 6) is -2.20. The van der Waals surface area contributed by atoms with Gasteiger partial charge in [-0.2, -0.15) is 0 Å². The van der Waals surface area contributed by atoms with Crippen molar-refractivity contribution in [1.29, 1.82) is 0 Å². The fourth-order valence-electron chi connectivity index (χ4n) is 2.93. The number of amides is 2. The Morgan fingerprint density at radius 1 is 1.00 bits per heavy atom. The molecule has 1 aliphatic heterocycles. The van der Waals surface area contributed by atoms with Crippen molar-refractivity contribution in [1.82, 2.24) is 10.2 Å². The van der Waals surface area contributed by atoms with Gasteiger partial charge in [0, 0.05) is 30.8 Å². The molecule has 3 rings (SSSR count). The van der Waals surface area contributed by atoms with Crippen LogP contribution in [0.2, 0.25) is 0 Å². The quantitative estimate of drug-likeness (QED) is 0.931. The molecule has 2 aromatic carbocycles. The summed E-state index contributed by atoms with van der Waals surface area (Å²) < 4.78 is 26.6. The average molecular weight is 344 g/mol. The van der Waals surface area contributed by atoms with E-state index < -0.39 is 17.5 Å². The zero-order chi connectivity index (χ0) is 17.8. The second kappa shape index (κ2) is 7.42. The lowest BCUT2D eigenvalue weighted by molar-refractivity contribution is 0.0698. The number of piperidine rings is 1. The molecule has 1 N–H and O–H groups in total. The van der Waals surface area contributed by atoms with Crippen molar-refractivity contribution in [2.45, 2.75) is 18.9 Å². The Kier molecular flexibility index (Phi) is 5.07. The Labute approximate surface area is 144 Å². The van der Waals surface area contributed by atoms with E-state index in [9.17, 15) is 18.4 Å². The van der Waals surface area contributed by atoms with E-state index in [2.05, 4.69) is 5.32 Å². The van der Waals surface area contributed by atoms with Gasteiger partial charge in [-0.3, -0.25) is 9.59 Å². The summed E-state index contributed by atoms with van der Waals surface area (Å²) in [6.45, 7) is 1.04. The highest BCUT2D eigenvalue weighted by Gasteiger charge is 2.25. The van der Waals surface area contributed by atoms with Crippen LogP contribution in [0, 0.1) is 11.6 Å². The number of nitrogens with zero attached hydrogens (tertiary/aromatic N) is 1. The van der Waals surface area contributed by atoms with E-state index in [4.69, 9.17) is 0 Å². The van der Waals surface area contributed by atoms with Gasteiger partial charge in [0.2, 0.25) is 0 Å². The number of carbonyl (C=O) groups excluding carboxylic acids is 2. The molecule has 130 valence electrons. The molecule has 0 radical (unpaired) electrons. The van der Waals surface area contributed by atoms with Gasteiger partial charge in [0.25, 0.3) is 11.8 Å². The molecule has 1 saturated heterocycles. The van der Waals surface area contributed by atoms with Gasteiger partial charge in [0.1, 0.15) is 11.6 Å². The maximum Gasteiger partial charge on any atom is 0.254 e. The molecule has 1 fully saturated rings.